The molecule has 0 atom stereocenters. The van der Waals surface area contributed by atoms with E-state index in [1.165, 1.54) is 0 Å². The number of hydrogen-bond donors (Lipinski definition) is 2. The monoisotopic (exact) mass is 288 g/mol. The zero-order valence-electron chi connectivity index (χ0n) is 12.2. The summed E-state index contributed by atoms with van der Waals surface area (Å²) in [5.41, 5.74) is 1.38. The van der Waals surface area contributed by atoms with E-state index >= 15 is 0 Å². The molecule has 1 aromatic rings. The van der Waals surface area contributed by atoms with Crippen molar-refractivity contribution in [3.8, 4) is 5.75 Å². The Bertz CT molecular complexity index is 589. The summed E-state index contributed by atoms with van der Waals surface area (Å²) >= 11 is 0. The first-order valence-electron chi connectivity index (χ1n) is 7.35. The van der Waals surface area contributed by atoms with E-state index in [4.69, 9.17) is 0 Å². The number of aryl methyl sites for hydroxylation is 1. The fraction of sp³-hybridized carbons (Fsp3) is 0.500. The third kappa shape index (κ3) is 2.60. The quantitative estimate of drug-likeness (QED) is 0.821. The van der Waals surface area contributed by atoms with Gasteiger partial charge >= 0.3 is 0 Å². The second-order valence-corrected chi connectivity index (χ2v) is 6.25. The van der Waals surface area contributed by atoms with Crippen molar-refractivity contribution in [3.63, 3.8) is 0 Å². The van der Waals surface area contributed by atoms with Crippen LogP contribution < -0.4 is 5.32 Å². The molecule has 0 aromatic heterocycles. The molecule has 2 N–H and O–H groups in total. The van der Waals surface area contributed by atoms with Gasteiger partial charge in [0.05, 0.1) is 0 Å². The summed E-state index contributed by atoms with van der Waals surface area (Å²) in [6, 6.07) is 4.95. The van der Waals surface area contributed by atoms with Crippen LogP contribution in [-0.4, -0.2) is 41.5 Å². The number of amides is 2. The minimum Gasteiger partial charge on any atom is -0.508 e. The van der Waals surface area contributed by atoms with E-state index in [1.807, 2.05) is 4.90 Å². The number of rotatable bonds is 1. The first-order chi connectivity index (χ1) is 9.99. The van der Waals surface area contributed by atoms with E-state index < -0.39 is 0 Å². The van der Waals surface area contributed by atoms with E-state index in [-0.39, 0.29) is 23.0 Å². The highest BCUT2D eigenvalue weighted by molar-refractivity contribution is 5.94. The van der Waals surface area contributed by atoms with Crippen molar-refractivity contribution in [1.29, 1.82) is 0 Å². The second-order valence-electron chi connectivity index (χ2n) is 6.25. The van der Waals surface area contributed by atoms with Gasteiger partial charge in [0.25, 0.3) is 5.91 Å². The SMILES string of the molecule is Cc1cc(C(=O)N2CCC3(CC2)CNC(=O)C3)ccc1O. The molecule has 0 bridgehead atoms. The molecule has 3 rings (SSSR count). The number of phenolic OH excluding ortho intramolecular Hbond substituents is 1. The molecule has 2 amide bonds. The van der Waals surface area contributed by atoms with Crippen LogP contribution in [-0.2, 0) is 4.79 Å². The van der Waals surface area contributed by atoms with Gasteiger partial charge in [0.15, 0.2) is 0 Å². The summed E-state index contributed by atoms with van der Waals surface area (Å²) in [6.45, 7) is 3.90. The zero-order valence-corrected chi connectivity index (χ0v) is 12.2. The summed E-state index contributed by atoms with van der Waals surface area (Å²) in [4.78, 5) is 25.7. The van der Waals surface area contributed by atoms with Crippen molar-refractivity contribution < 1.29 is 14.7 Å². The average molecular weight is 288 g/mol. The summed E-state index contributed by atoms with van der Waals surface area (Å²) in [5, 5.41) is 12.4. The van der Waals surface area contributed by atoms with Crippen molar-refractivity contribution in [2.45, 2.75) is 26.2 Å². The maximum Gasteiger partial charge on any atom is 0.253 e. The molecule has 1 aromatic carbocycles. The lowest BCUT2D eigenvalue weighted by atomic mass is 9.77. The highest BCUT2D eigenvalue weighted by Gasteiger charge is 2.41. The maximum absolute atomic E-state index is 12.5. The van der Waals surface area contributed by atoms with Crippen molar-refractivity contribution in [3.05, 3.63) is 29.3 Å². The molecular formula is C16H20N2O3. The van der Waals surface area contributed by atoms with Crippen molar-refractivity contribution >= 4 is 11.8 Å². The van der Waals surface area contributed by atoms with Crippen molar-refractivity contribution in [1.82, 2.24) is 10.2 Å². The molecule has 2 fully saturated rings. The molecule has 2 saturated heterocycles. The van der Waals surface area contributed by atoms with Gasteiger partial charge in [0, 0.05) is 31.6 Å². The van der Waals surface area contributed by atoms with Crippen LogP contribution in [0.4, 0.5) is 0 Å². The summed E-state index contributed by atoms with van der Waals surface area (Å²) in [7, 11) is 0. The molecule has 1 spiro atoms. The Balaban J connectivity index is 1.67. The number of benzene rings is 1. The molecule has 2 heterocycles. The van der Waals surface area contributed by atoms with E-state index in [1.54, 1.807) is 25.1 Å². The van der Waals surface area contributed by atoms with Gasteiger partial charge in [-0.15, -0.1) is 0 Å². The fourth-order valence-corrected chi connectivity index (χ4v) is 3.26. The van der Waals surface area contributed by atoms with Gasteiger partial charge in [-0.2, -0.15) is 0 Å². The van der Waals surface area contributed by atoms with Crippen molar-refractivity contribution in [2.24, 2.45) is 5.41 Å². The van der Waals surface area contributed by atoms with Crippen molar-refractivity contribution in [2.75, 3.05) is 19.6 Å². The van der Waals surface area contributed by atoms with Crippen LogP contribution in [0.25, 0.3) is 0 Å². The number of piperidine rings is 1. The zero-order chi connectivity index (χ0) is 15.0. The predicted molar refractivity (Wildman–Crippen MR) is 78.0 cm³/mol. The van der Waals surface area contributed by atoms with Gasteiger partial charge in [-0.05, 0) is 48.9 Å². The summed E-state index contributed by atoms with van der Waals surface area (Å²) < 4.78 is 0. The Kier molecular flexibility index (Phi) is 3.35. The van der Waals surface area contributed by atoms with E-state index in [2.05, 4.69) is 5.32 Å². The topological polar surface area (TPSA) is 69.6 Å². The third-order valence-corrected chi connectivity index (χ3v) is 4.75. The standard InChI is InChI=1S/C16H20N2O3/c1-11-8-12(2-3-13(11)19)15(21)18-6-4-16(5-7-18)9-14(20)17-10-16/h2-3,8,19H,4-7,9-10H2,1H3,(H,17,20). The Morgan fingerprint density at radius 3 is 2.62 bits per heavy atom. The fourth-order valence-electron chi connectivity index (χ4n) is 3.26. The summed E-state index contributed by atoms with van der Waals surface area (Å²) in [6.07, 6.45) is 2.33. The second kappa shape index (κ2) is 5.06. The van der Waals surface area contributed by atoms with Gasteiger partial charge < -0.3 is 15.3 Å². The Morgan fingerprint density at radius 2 is 2.05 bits per heavy atom. The maximum atomic E-state index is 12.5. The number of carbonyl (C=O) groups is 2. The molecule has 5 nitrogen and oxygen atoms in total. The molecule has 112 valence electrons. The Morgan fingerprint density at radius 1 is 1.33 bits per heavy atom. The van der Waals surface area contributed by atoms with Crippen LogP contribution >= 0.6 is 0 Å². The van der Waals surface area contributed by atoms with Crippen LogP contribution in [0.5, 0.6) is 5.75 Å². The van der Waals surface area contributed by atoms with E-state index in [0.717, 1.165) is 19.4 Å². The van der Waals surface area contributed by atoms with Crippen LogP contribution in [0.3, 0.4) is 0 Å². The van der Waals surface area contributed by atoms with Crippen LogP contribution in [0.2, 0.25) is 0 Å². The van der Waals surface area contributed by atoms with E-state index in [9.17, 15) is 14.7 Å². The first kappa shape index (κ1) is 13.9. The number of nitrogens with zero attached hydrogens (tertiary/aromatic N) is 1. The Hall–Kier alpha value is -2.04. The minimum absolute atomic E-state index is 0.00485. The number of phenols is 1. The summed E-state index contributed by atoms with van der Waals surface area (Å²) in [5.74, 6) is 0.342. The lowest BCUT2D eigenvalue weighted by Gasteiger charge is -2.38. The smallest absolute Gasteiger partial charge is 0.253 e. The van der Waals surface area contributed by atoms with Crippen LogP contribution in [0.15, 0.2) is 18.2 Å². The molecule has 5 heteroatoms. The van der Waals surface area contributed by atoms with Gasteiger partial charge in [0.2, 0.25) is 5.91 Å². The van der Waals surface area contributed by atoms with Gasteiger partial charge in [0.1, 0.15) is 5.75 Å². The number of aromatic hydroxyl groups is 1. The van der Waals surface area contributed by atoms with Gasteiger partial charge in [-0.25, -0.2) is 0 Å². The van der Waals surface area contributed by atoms with Crippen LogP contribution in [0, 0.1) is 12.3 Å². The van der Waals surface area contributed by atoms with Crippen LogP contribution in [0.1, 0.15) is 35.2 Å². The molecule has 0 saturated carbocycles. The molecular weight excluding hydrogens is 268 g/mol. The Labute approximate surface area is 123 Å². The number of hydrogen-bond acceptors (Lipinski definition) is 3. The van der Waals surface area contributed by atoms with Gasteiger partial charge in [-0.1, -0.05) is 0 Å². The lowest BCUT2D eigenvalue weighted by molar-refractivity contribution is -0.119. The lowest BCUT2D eigenvalue weighted by Crippen LogP contribution is -2.44. The molecule has 0 aliphatic carbocycles. The van der Waals surface area contributed by atoms with E-state index in [0.29, 0.717) is 30.6 Å². The average Bonchev–Trinajstić information content (AvgIpc) is 2.83. The normalized spacial score (nSPS) is 20.6. The number of nitrogens with one attached hydrogen (secondary N) is 1. The molecule has 2 aliphatic rings. The third-order valence-electron chi connectivity index (χ3n) is 4.75. The highest BCUT2D eigenvalue weighted by Crippen LogP contribution is 2.37. The highest BCUT2D eigenvalue weighted by atomic mass is 16.3. The number of likely N-dealkylation sites (tertiary alicyclic amines) is 1. The molecule has 0 radical (unpaired) electrons. The first-order valence-corrected chi connectivity index (χ1v) is 7.35. The molecule has 0 unspecified atom stereocenters. The molecule has 21 heavy (non-hydrogen) atoms. The number of carbonyl (C=O) groups excluding carboxylic acids is 2. The predicted octanol–water partition coefficient (Wildman–Crippen LogP) is 1.44. The minimum atomic E-state index is 0.00485. The molecule has 2 aliphatic heterocycles. The largest absolute Gasteiger partial charge is 0.508 e. The van der Waals surface area contributed by atoms with Gasteiger partial charge in [-0.3, -0.25) is 9.59 Å².